The van der Waals surface area contributed by atoms with Gasteiger partial charge in [-0.3, -0.25) is 14.8 Å². The van der Waals surface area contributed by atoms with Crippen LogP contribution >= 0.6 is 0 Å². The number of aryl methyl sites for hydroxylation is 1. The lowest BCUT2D eigenvalue weighted by atomic mass is 9.92. The fraction of sp³-hybridized carbons (Fsp3) is 0.556. The zero-order valence-corrected chi connectivity index (χ0v) is 15.1. The predicted molar refractivity (Wildman–Crippen MR) is 93.0 cm³/mol. The summed E-state index contributed by atoms with van der Waals surface area (Å²) in [6.45, 7) is 4.10. The molecule has 134 valence electrons. The van der Waals surface area contributed by atoms with Crippen molar-refractivity contribution in [1.82, 2.24) is 24.9 Å². The highest BCUT2D eigenvalue weighted by molar-refractivity contribution is 5.92. The Hall–Kier alpha value is -2.28. The molecule has 0 bridgehead atoms. The minimum absolute atomic E-state index is 0.0388. The Balaban J connectivity index is 1.50. The Bertz CT molecular complexity index is 703. The number of aromatic nitrogens is 3. The van der Waals surface area contributed by atoms with Gasteiger partial charge < -0.3 is 14.3 Å². The van der Waals surface area contributed by atoms with Gasteiger partial charge in [0.05, 0.1) is 17.6 Å². The SMILES string of the molecule is Cc1cc(C(=O)N2CCC(Cc3cnc(CN(C)C)cn3)CC2)no1. The molecule has 2 aromatic rings. The van der Waals surface area contributed by atoms with Crippen LogP contribution in [0.3, 0.4) is 0 Å². The largest absolute Gasteiger partial charge is 0.361 e. The lowest BCUT2D eigenvalue weighted by molar-refractivity contribution is 0.0679. The minimum atomic E-state index is -0.0388. The topological polar surface area (TPSA) is 75.4 Å². The van der Waals surface area contributed by atoms with E-state index in [4.69, 9.17) is 4.52 Å². The molecule has 0 N–H and O–H groups in total. The molecule has 1 saturated heterocycles. The fourth-order valence-corrected chi connectivity index (χ4v) is 3.16. The van der Waals surface area contributed by atoms with Crippen molar-refractivity contribution in [3.8, 4) is 0 Å². The van der Waals surface area contributed by atoms with E-state index in [1.165, 1.54) is 0 Å². The van der Waals surface area contributed by atoms with Crippen molar-refractivity contribution in [3.05, 3.63) is 41.3 Å². The Kier molecular flexibility index (Phi) is 5.43. The van der Waals surface area contributed by atoms with Gasteiger partial charge in [-0.2, -0.15) is 0 Å². The fourth-order valence-electron chi connectivity index (χ4n) is 3.16. The van der Waals surface area contributed by atoms with Crippen LogP contribution in [0.25, 0.3) is 0 Å². The number of nitrogens with zero attached hydrogens (tertiary/aromatic N) is 5. The monoisotopic (exact) mass is 343 g/mol. The summed E-state index contributed by atoms with van der Waals surface area (Å²) in [4.78, 5) is 25.3. The summed E-state index contributed by atoms with van der Waals surface area (Å²) in [5, 5.41) is 3.82. The summed E-state index contributed by atoms with van der Waals surface area (Å²) in [5.74, 6) is 1.16. The van der Waals surface area contributed by atoms with E-state index >= 15 is 0 Å². The highest BCUT2D eigenvalue weighted by Crippen LogP contribution is 2.22. The molecule has 3 rings (SSSR count). The van der Waals surface area contributed by atoms with Crippen molar-refractivity contribution in [2.45, 2.75) is 32.7 Å². The van der Waals surface area contributed by atoms with Gasteiger partial charge >= 0.3 is 0 Å². The maximum atomic E-state index is 12.4. The number of hydrogen-bond acceptors (Lipinski definition) is 6. The molecule has 0 unspecified atom stereocenters. The van der Waals surface area contributed by atoms with Gasteiger partial charge in [0.25, 0.3) is 5.91 Å². The van der Waals surface area contributed by atoms with Gasteiger partial charge in [-0.1, -0.05) is 5.16 Å². The van der Waals surface area contributed by atoms with Crippen LogP contribution in [0, 0.1) is 12.8 Å². The molecule has 0 atom stereocenters. The molecular formula is C18H25N5O2. The molecule has 0 aliphatic carbocycles. The van der Waals surface area contributed by atoms with Crippen LogP contribution in [0.15, 0.2) is 23.0 Å². The second-order valence-electron chi connectivity index (χ2n) is 7.00. The average molecular weight is 343 g/mol. The molecule has 1 aliphatic rings. The molecule has 7 heteroatoms. The van der Waals surface area contributed by atoms with E-state index < -0.39 is 0 Å². The summed E-state index contributed by atoms with van der Waals surface area (Å²) in [7, 11) is 4.04. The molecule has 0 spiro atoms. The second kappa shape index (κ2) is 7.74. The maximum absolute atomic E-state index is 12.4. The first kappa shape index (κ1) is 17.5. The zero-order valence-electron chi connectivity index (χ0n) is 15.1. The van der Waals surface area contributed by atoms with E-state index in [1.807, 2.05) is 31.4 Å². The quantitative estimate of drug-likeness (QED) is 0.826. The van der Waals surface area contributed by atoms with Crippen LogP contribution in [0.2, 0.25) is 0 Å². The molecule has 0 saturated carbocycles. The van der Waals surface area contributed by atoms with Crippen molar-refractivity contribution in [2.75, 3.05) is 27.2 Å². The molecule has 1 amide bonds. The van der Waals surface area contributed by atoms with Crippen molar-refractivity contribution in [3.63, 3.8) is 0 Å². The van der Waals surface area contributed by atoms with Gasteiger partial charge in [0.2, 0.25) is 0 Å². The summed E-state index contributed by atoms with van der Waals surface area (Å²) in [6.07, 6.45) is 6.61. The standard InChI is InChI=1S/C18H25N5O2/c1-13-8-17(21-25-13)18(24)23-6-4-14(5-7-23)9-15-10-20-16(11-19-15)12-22(2)3/h8,10-11,14H,4-7,9,12H2,1-3H3. The molecule has 7 nitrogen and oxygen atoms in total. The highest BCUT2D eigenvalue weighted by Gasteiger charge is 2.25. The van der Waals surface area contributed by atoms with Crippen LogP contribution in [0.4, 0.5) is 0 Å². The lowest BCUT2D eigenvalue weighted by Gasteiger charge is -2.31. The van der Waals surface area contributed by atoms with Gasteiger partial charge in [-0.15, -0.1) is 0 Å². The van der Waals surface area contributed by atoms with Gasteiger partial charge in [-0.25, -0.2) is 0 Å². The van der Waals surface area contributed by atoms with Crippen LogP contribution in [0.1, 0.15) is 40.5 Å². The van der Waals surface area contributed by atoms with E-state index in [2.05, 4.69) is 20.0 Å². The molecule has 0 radical (unpaired) electrons. The molecule has 25 heavy (non-hydrogen) atoms. The van der Waals surface area contributed by atoms with Gasteiger partial charge in [-0.05, 0) is 46.2 Å². The second-order valence-corrected chi connectivity index (χ2v) is 7.00. The first-order valence-corrected chi connectivity index (χ1v) is 8.68. The lowest BCUT2D eigenvalue weighted by Crippen LogP contribution is -2.39. The third kappa shape index (κ3) is 4.63. The van der Waals surface area contributed by atoms with Crippen LogP contribution in [0.5, 0.6) is 0 Å². The van der Waals surface area contributed by atoms with Crippen molar-refractivity contribution < 1.29 is 9.32 Å². The van der Waals surface area contributed by atoms with E-state index in [9.17, 15) is 4.79 Å². The van der Waals surface area contributed by atoms with Crippen LogP contribution in [-0.2, 0) is 13.0 Å². The molecule has 1 aliphatic heterocycles. The van der Waals surface area contributed by atoms with Gasteiger partial charge in [0, 0.05) is 31.9 Å². The summed E-state index contributed by atoms with van der Waals surface area (Å²) in [6, 6.07) is 1.69. The minimum Gasteiger partial charge on any atom is -0.361 e. The molecule has 0 aromatic carbocycles. The van der Waals surface area contributed by atoms with E-state index in [1.54, 1.807) is 13.0 Å². The molecule has 1 fully saturated rings. The van der Waals surface area contributed by atoms with Crippen molar-refractivity contribution >= 4 is 5.91 Å². The first-order valence-electron chi connectivity index (χ1n) is 8.68. The Labute approximate surface area is 148 Å². The van der Waals surface area contributed by atoms with Crippen LogP contribution in [-0.4, -0.2) is 58.0 Å². The molecular weight excluding hydrogens is 318 g/mol. The number of carbonyl (C=O) groups is 1. The number of likely N-dealkylation sites (tertiary alicyclic amines) is 1. The first-order chi connectivity index (χ1) is 12.0. The van der Waals surface area contributed by atoms with E-state index in [-0.39, 0.29) is 5.91 Å². The summed E-state index contributed by atoms with van der Waals surface area (Å²) in [5.41, 5.74) is 2.41. The number of rotatable bonds is 5. The summed E-state index contributed by atoms with van der Waals surface area (Å²) < 4.78 is 4.99. The number of amides is 1. The van der Waals surface area contributed by atoms with Crippen LogP contribution < -0.4 is 0 Å². The molecule has 3 heterocycles. The number of piperidine rings is 1. The van der Waals surface area contributed by atoms with Gasteiger partial charge in [0.15, 0.2) is 5.69 Å². The van der Waals surface area contributed by atoms with E-state index in [0.717, 1.165) is 50.3 Å². The third-order valence-corrected chi connectivity index (χ3v) is 4.48. The van der Waals surface area contributed by atoms with E-state index in [0.29, 0.717) is 17.4 Å². The maximum Gasteiger partial charge on any atom is 0.276 e. The Morgan fingerprint density at radius 2 is 1.92 bits per heavy atom. The Morgan fingerprint density at radius 1 is 1.24 bits per heavy atom. The van der Waals surface area contributed by atoms with Crippen molar-refractivity contribution in [2.24, 2.45) is 5.92 Å². The smallest absolute Gasteiger partial charge is 0.276 e. The highest BCUT2D eigenvalue weighted by atomic mass is 16.5. The van der Waals surface area contributed by atoms with Crippen molar-refractivity contribution in [1.29, 1.82) is 0 Å². The third-order valence-electron chi connectivity index (χ3n) is 4.48. The summed E-state index contributed by atoms with van der Waals surface area (Å²) >= 11 is 0. The normalized spacial score (nSPS) is 15.8. The predicted octanol–water partition coefficient (Wildman–Crippen LogP) is 1.93. The zero-order chi connectivity index (χ0) is 17.8. The van der Waals surface area contributed by atoms with Gasteiger partial charge in [0.1, 0.15) is 5.76 Å². The number of hydrogen-bond donors (Lipinski definition) is 0. The average Bonchev–Trinajstić information content (AvgIpc) is 3.03. The Morgan fingerprint density at radius 3 is 2.48 bits per heavy atom. The molecule has 2 aromatic heterocycles. The number of carbonyl (C=O) groups excluding carboxylic acids is 1.